The zero-order chi connectivity index (χ0) is 18.8. The van der Waals surface area contributed by atoms with Crippen LogP contribution in [0.4, 0.5) is 22.0 Å². The number of benzene rings is 2. The van der Waals surface area contributed by atoms with Gasteiger partial charge in [0.2, 0.25) is 0 Å². The van der Waals surface area contributed by atoms with Crippen molar-refractivity contribution in [3.05, 3.63) is 76.9 Å². The van der Waals surface area contributed by atoms with E-state index in [0.29, 0.717) is 0 Å². The van der Waals surface area contributed by atoms with Gasteiger partial charge in [0.05, 0.1) is 11.7 Å². The largest absolute Gasteiger partial charge is 0.413 e. The molecule has 0 amide bonds. The molecule has 2 N–H and O–H groups in total. The second kappa shape index (κ2) is 7.07. The van der Waals surface area contributed by atoms with Crippen LogP contribution in [0, 0.1) is 11.6 Å². The van der Waals surface area contributed by atoms with Crippen molar-refractivity contribution in [2.45, 2.75) is 6.18 Å². The molecule has 0 aliphatic carbocycles. The quantitative estimate of drug-likeness (QED) is 0.608. The molecule has 0 aliphatic rings. The van der Waals surface area contributed by atoms with Crippen molar-refractivity contribution >= 4 is 13.2 Å². The molecule has 0 fully saturated rings. The zero-order valence-corrected chi connectivity index (χ0v) is 13.4. The van der Waals surface area contributed by atoms with Gasteiger partial charge >= 0.3 is 13.8 Å². The Bertz CT molecular complexity index is 773. The molecule has 0 unspecified atom stereocenters. The van der Waals surface area contributed by atoms with E-state index in [9.17, 15) is 26.5 Å². The molecule has 9 heteroatoms. The standard InChI is InChI=1S/C16H12F5O3P/c17-12-5-1-10(2-6-12)15(11-3-7-13(18)8-4-11)14(16(19,20)21)9-25(22,23)24/h1-8H,9H2,(H2,22,23,24). The van der Waals surface area contributed by atoms with Crippen LogP contribution in [0.1, 0.15) is 11.1 Å². The van der Waals surface area contributed by atoms with Crippen LogP contribution in [0.5, 0.6) is 0 Å². The molecular weight excluding hydrogens is 366 g/mol. The number of hydrogen-bond donors (Lipinski definition) is 2. The molecule has 2 rings (SSSR count). The second-order valence-corrected chi connectivity index (χ2v) is 6.83. The summed E-state index contributed by atoms with van der Waals surface area (Å²) in [7, 11) is -5.06. The van der Waals surface area contributed by atoms with Crippen molar-refractivity contribution in [2.24, 2.45) is 0 Å². The van der Waals surface area contributed by atoms with Crippen LogP contribution >= 0.6 is 7.60 Å². The van der Waals surface area contributed by atoms with E-state index in [2.05, 4.69) is 0 Å². The first kappa shape index (κ1) is 19.3. The zero-order valence-electron chi connectivity index (χ0n) is 12.5. The molecule has 0 aromatic heterocycles. The van der Waals surface area contributed by atoms with Crippen LogP contribution < -0.4 is 0 Å². The minimum Gasteiger partial charge on any atom is -0.324 e. The van der Waals surface area contributed by atoms with Crippen molar-refractivity contribution < 1.29 is 36.3 Å². The minimum atomic E-state index is -5.06. The number of alkyl halides is 3. The molecule has 25 heavy (non-hydrogen) atoms. The van der Waals surface area contributed by atoms with E-state index in [1.54, 1.807) is 0 Å². The van der Waals surface area contributed by atoms with E-state index in [1.165, 1.54) is 0 Å². The lowest BCUT2D eigenvalue weighted by Crippen LogP contribution is -2.18. The lowest BCUT2D eigenvalue weighted by atomic mass is 9.93. The highest BCUT2D eigenvalue weighted by Gasteiger charge is 2.40. The molecule has 0 saturated carbocycles. The van der Waals surface area contributed by atoms with Crippen LogP contribution in [-0.4, -0.2) is 22.1 Å². The molecule has 0 atom stereocenters. The fraction of sp³-hybridized carbons (Fsp3) is 0.125. The second-order valence-electron chi connectivity index (χ2n) is 5.19. The maximum absolute atomic E-state index is 13.5. The predicted molar refractivity (Wildman–Crippen MR) is 81.8 cm³/mol. The summed E-state index contributed by atoms with van der Waals surface area (Å²) in [6.45, 7) is 0. The molecule has 0 aliphatic heterocycles. The summed E-state index contributed by atoms with van der Waals surface area (Å²) in [5, 5.41) is 0. The van der Waals surface area contributed by atoms with Crippen molar-refractivity contribution in [1.29, 1.82) is 0 Å². The molecule has 134 valence electrons. The van der Waals surface area contributed by atoms with Crippen LogP contribution in [0.15, 0.2) is 54.1 Å². The van der Waals surface area contributed by atoms with E-state index in [0.717, 1.165) is 48.5 Å². The lowest BCUT2D eigenvalue weighted by Gasteiger charge is -2.19. The molecule has 0 bridgehead atoms. The van der Waals surface area contributed by atoms with Gasteiger partial charge in [-0.2, -0.15) is 13.2 Å². The van der Waals surface area contributed by atoms with Gasteiger partial charge in [-0.15, -0.1) is 0 Å². The summed E-state index contributed by atoms with van der Waals surface area (Å²) >= 11 is 0. The van der Waals surface area contributed by atoms with E-state index < -0.39 is 42.7 Å². The fourth-order valence-electron chi connectivity index (χ4n) is 2.26. The van der Waals surface area contributed by atoms with Crippen molar-refractivity contribution in [1.82, 2.24) is 0 Å². The molecular formula is C16H12F5O3P. The number of allylic oxidation sites excluding steroid dienone is 1. The van der Waals surface area contributed by atoms with Gasteiger partial charge in [-0.3, -0.25) is 4.57 Å². The predicted octanol–water partition coefficient (Wildman–Crippen LogP) is 4.51. The minimum absolute atomic E-state index is 0.103. The van der Waals surface area contributed by atoms with E-state index in [-0.39, 0.29) is 11.1 Å². The van der Waals surface area contributed by atoms with Crippen LogP contribution in [0.3, 0.4) is 0 Å². The van der Waals surface area contributed by atoms with E-state index >= 15 is 0 Å². The molecule has 0 saturated heterocycles. The molecule has 3 nitrogen and oxygen atoms in total. The van der Waals surface area contributed by atoms with Gasteiger partial charge in [-0.1, -0.05) is 24.3 Å². The Morgan fingerprint density at radius 2 is 1.20 bits per heavy atom. The molecule has 2 aromatic carbocycles. The summed E-state index contributed by atoms with van der Waals surface area (Å²) in [6.07, 6.45) is -6.61. The third-order valence-electron chi connectivity index (χ3n) is 3.27. The Balaban J connectivity index is 2.80. The van der Waals surface area contributed by atoms with Crippen LogP contribution in [-0.2, 0) is 4.57 Å². The Labute approximate surface area is 139 Å². The van der Waals surface area contributed by atoms with Crippen LogP contribution in [0.2, 0.25) is 0 Å². The van der Waals surface area contributed by atoms with Gasteiger partial charge in [-0.05, 0) is 41.0 Å². The highest BCUT2D eigenvalue weighted by Crippen LogP contribution is 2.46. The molecule has 2 aromatic rings. The van der Waals surface area contributed by atoms with Gasteiger partial charge < -0.3 is 9.79 Å². The van der Waals surface area contributed by atoms with Gasteiger partial charge in [-0.25, -0.2) is 8.78 Å². The third kappa shape index (κ3) is 5.22. The van der Waals surface area contributed by atoms with Crippen molar-refractivity contribution in [3.63, 3.8) is 0 Å². The first-order valence-electron chi connectivity index (χ1n) is 6.84. The summed E-state index contributed by atoms with van der Waals surface area (Å²) < 4.78 is 77.8. The number of rotatable bonds is 4. The number of hydrogen-bond acceptors (Lipinski definition) is 1. The van der Waals surface area contributed by atoms with Crippen molar-refractivity contribution in [3.8, 4) is 0 Å². The highest BCUT2D eigenvalue weighted by atomic mass is 31.2. The Kier molecular flexibility index (Phi) is 5.46. The van der Waals surface area contributed by atoms with Gasteiger partial charge in [0.1, 0.15) is 11.6 Å². The number of halogens is 5. The Hall–Kier alpha value is -2.02. The average Bonchev–Trinajstić information content (AvgIpc) is 2.48. The summed E-state index contributed by atoms with van der Waals surface area (Å²) in [5.41, 5.74) is -2.22. The summed E-state index contributed by atoms with van der Waals surface area (Å²) in [4.78, 5) is 18.1. The first-order chi connectivity index (χ1) is 11.5. The third-order valence-corrected chi connectivity index (χ3v) is 4.00. The Morgan fingerprint density at radius 3 is 1.48 bits per heavy atom. The monoisotopic (exact) mass is 378 g/mol. The molecule has 0 spiro atoms. The van der Waals surface area contributed by atoms with Gasteiger partial charge in [0.15, 0.2) is 0 Å². The summed E-state index contributed by atoms with van der Waals surface area (Å²) in [5.74, 6) is -1.38. The van der Waals surface area contributed by atoms with E-state index in [1.807, 2.05) is 0 Å². The highest BCUT2D eigenvalue weighted by molar-refractivity contribution is 7.52. The fourth-order valence-corrected chi connectivity index (χ4v) is 3.01. The van der Waals surface area contributed by atoms with Gasteiger partial charge in [0, 0.05) is 0 Å². The summed E-state index contributed by atoms with van der Waals surface area (Å²) in [6, 6.07) is 7.90. The van der Waals surface area contributed by atoms with Crippen LogP contribution in [0.25, 0.3) is 5.57 Å². The van der Waals surface area contributed by atoms with E-state index in [4.69, 9.17) is 9.79 Å². The molecule has 0 radical (unpaired) electrons. The Morgan fingerprint density at radius 1 is 0.840 bits per heavy atom. The maximum atomic E-state index is 13.5. The lowest BCUT2D eigenvalue weighted by molar-refractivity contribution is -0.0906. The topological polar surface area (TPSA) is 57.5 Å². The van der Waals surface area contributed by atoms with Gasteiger partial charge in [0.25, 0.3) is 0 Å². The maximum Gasteiger partial charge on any atom is 0.413 e. The SMILES string of the molecule is O=P(O)(O)CC(=C(c1ccc(F)cc1)c1ccc(F)cc1)C(F)(F)F. The normalized spacial score (nSPS) is 12.1. The molecule has 0 heterocycles. The average molecular weight is 378 g/mol. The first-order valence-corrected chi connectivity index (χ1v) is 8.64. The smallest absolute Gasteiger partial charge is 0.324 e. The van der Waals surface area contributed by atoms with Crippen molar-refractivity contribution in [2.75, 3.05) is 6.16 Å².